The number of nitrogens with zero attached hydrogens (tertiary/aromatic N) is 2. The van der Waals surface area contributed by atoms with E-state index in [-0.39, 0.29) is 0 Å². The fourth-order valence-corrected chi connectivity index (χ4v) is 3.02. The van der Waals surface area contributed by atoms with Crippen molar-refractivity contribution in [1.29, 1.82) is 0 Å². The van der Waals surface area contributed by atoms with Crippen LogP contribution in [-0.2, 0) is 0 Å². The van der Waals surface area contributed by atoms with Crippen LogP contribution in [0.3, 0.4) is 0 Å². The van der Waals surface area contributed by atoms with Gasteiger partial charge in [0.1, 0.15) is 0 Å². The minimum absolute atomic E-state index is 0.752. The van der Waals surface area contributed by atoms with Crippen LogP contribution in [0.1, 0.15) is 26.7 Å². The lowest BCUT2D eigenvalue weighted by Gasteiger charge is -2.45. The van der Waals surface area contributed by atoms with Crippen LogP contribution in [-0.4, -0.2) is 61.2 Å². The summed E-state index contributed by atoms with van der Waals surface area (Å²) >= 11 is 0. The molecule has 3 nitrogen and oxygen atoms in total. The smallest absolute Gasteiger partial charge is 0.0198 e. The molecule has 2 rings (SSSR count). The summed E-state index contributed by atoms with van der Waals surface area (Å²) in [5.74, 6) is 0. The second kappa shape index (κ2) is 5.28. The summed E-state index contributed by atoms with van der Waals surface area (Å²) in [6.07, 6.45) is 2.69. The van der Waals surface area contributed by atoms with E-state index in [9.17, 15) is 0 Å². The molecule has 2 aliphatic rings. The van der Waals surface area contributed by atoms with Gasteiger partial charge in [-0.1, -0.05) is 6.92 Å². The number of nitrogens with one attached hydrogen (secondary N) is 1. The van der Waals surface area contributed by atoms with Crippen molar-refractivity contribution >= 4 is 0 Å². The maximum absolute atomic E-state index is 3.45. The first-order valence-corrected chi connectivity index (χ1v) is 6.50. The molecule has 0 bridgehead atoms. The van der Waals surface area contributed by atoms with Gasteiger partial charge in [-0.15, -0.1) is 0 Å². The lowest BCUT2D eigenvalue weighted by molar-refractivity contribution is 0.0401. The predicted octanol–water partition coefficient (Wildman–Crippen LogP) is 0.764. The standard InChI is InChI=1S/C12H25N3/c1-3-14-8-9-15(11(2)10-14)12-4-6-13-7-5-12/h11-13H,3-10H2,1-2H3. The number of piperidine rings is 1. The van der Waals surface area contributed by atoms with Gasteiger partial charge in [-0.3, -0.25) is 4.90 Å². The van der Waals surface area contributed by atoms with Crippen LogP contribution in [0.4, 0.5) is 0 Å². The first kappa shape index (κ1) is 11.4. The van der Waals surface area contributed by atoms with Crippen LogP contribution >= 0.6 is 0 Å². The molecule has 0 aromatic rings. The highest BCUT2D eigenvalue weighted by Crippen LogP contribution is 2.18. The van der Waals surface area contributed by atoms with Crippen LogP contribution in [0.5, 0.6) is 0 Å². The molecule has 0 radical (unpaired) electrons. The van der Waals surface area contributed by atoms with Crippen molar-refractivity contribution < 1.29 is 0 Å². The van der Waals surface area contributed by atoms with Crippen molar-refractivity contribution in [2.24, 2.45) is 0 Å². The molecule has 3 heteroatoms. The molecule has 2 heterocycles. The van der Waals surface area contributed by atoms with Crippen LogP contribution < -0.4 is 5.32 Å². The van der Waals surface area contributed by atoms with E-state index in [0.29, 0.717) is 0 Å². The highest BCUT2D eigenvalue weighted by molar-refractivity contribution is 4.86. The predicted molar refractivity (Wildman–Crippen MR) is 64.2 cm³/mol. The highest BCUT2D eigenvalue weighted by Gasteiger charge is 2.29. The monoisotopic (exact) mass is 211 g/mol. The lowest BCUT2D eigenvalue weighted by atomic mass is 10.0. The average molecular weight is 211 g/mol. The van der Waals surface area contributed by atoms with E-state index in [1.807, 2.05) is 0 Å². The minimum Gasteiger partial charge on any atom is -0.317 e. The van der Waals surface area contributed by atoms with Crippen molar-refractivity contribution in [3.05, 3.63) is 0 Å². The van der Waals surface area contributed by atoms with Gasteiger partial charge in [0.2, 0.25) is 0 Å². The molecule has 0 aromatic carbocycles. The van der Waals surface area contributed by atoms with Gasteiger partial charge < -0.3 is 10.2 Å². The molecular weight excluding hydrogens is 186 g/mol. The molecule has 0 aliphatic carbocycles. The van der Waals surface area contributed by atoms with Gasteiger partial charge in [-0.25, -0.2) is 0 Å². The first-order valence-electron chi connectivity index (χ1n) is 6.50. The first-order chi connectivity index (χ1) is 7.31. The second-order valence-electron chi connectivity index (χ2n) is 4.96. The van der Waals surface area contributed by atoms with Crippen molar-refractivity contribution in [2.75, 3.05) is 39.3 Å². The van der Waals surface area contributed by atoms with E-state index in [2.05, 4.69) is 29.0 Å². The Morgan fingerprint density at radius 1 is 1.20 bits per heavy atom. The third kappa shape index (κ3) is 2.71. The van der Waals surface area contributed by atoms with E-state index >= 15 is 0 Å². The topological polar surface area (TPSA) is 18.5 Å². The van der Waals surface area contributed by atoms with Gasteiger partial charge >= 0.3 is 0 Å². The number of likely N-dealkylation sites (N-methyl/N-ethyl adjacent to an activating group) is 1. The Balaban J connectivity index is 1.87. The molecule has 1 unspecified atom stereocenters. The quantitative estimate of drug-likeness (QED) is 0.728. The Labute approximate surface area is 93.8 Å². The summed E-state index contributed by atoms with van der Waals surface area (Å²) in [6.45, 7) is 12.1. The SMILES string of the molecule is CCN1CCN(C2CCNCC2)C(C)C1. The van der Waals surface area contributed by atoms with Gasteiger partial charge in [-0.05, 0) is 39.4 Å². The minimum atomic E-state index is 0.752. The maximum atomic E-state index is 3.45. The van der Waals surface area contributed by atoms with Gasteiger partial charge in [0, 0.05) is 31.7 Å². The van der Waals surface area contributed by atoms with Crippen LogP contribution in [0.25, 0.3) is 0 Å². The van der Waals surface area contributed by atoms with E-state index in [1.54, 1.807) is 0 Å². The number of hydrogen-bond donors (Lipinski definition) is 1. The Kier molecular flexibility index (Phi) is 4.00. The molecule has 1 N–H and O–H groups in total. The molecule has 0 amide bonds. The van der Waals surface area contributed by atoms with E-state index in [1.165, 1.54) is 52.1 Å². The van der Waals surface area contributed by atoms with Crippen molar-refractivity contribution in [2.45, 2.75) is 38.8 Å². The summed E-state index contributed by atoms with van der Waals surface area (Å²) in [5, 5.41) is 3.45. The van der Waals surface area contributed by atoms with Crippen molar-refractivity contribution in [3.8, 4) is 0 Å². The third-order valence-electron chi connectivity index (χ3n) is 3.99. The number of piperazine rings is 1. The van der Waals surface area contributed by atoms with Crippen LogP contribution in [0.2, 0.25) is 0 Å². The van der Waals surface area contributed by atoms with E-state index < -0.39 is 0 Å². The van der Waals surface area contributed by atoms with Crippen molar-refractivity contribution in [3.63, 3.8) is 0 Å². The third-order valence-corrected chi connectivity index (χ3v) is 3.99. The molecule has 1 atom stereocenters. The molecule has 2 saturated heterocycles. The molecule has 2 aliphatic heterocycles. The number of hydrogen-bond acceptors (Lipinski definition) is 3. The Hall–Kier alpha value is -0.120. The summed E-state index contributed by atoms with van der Waals surface area (Å²) in [6, 6.07) is 1.60. The zero-order valence-electron chi connectivity index (χ0n) is 10.2. The van der Waals surface area contributed by atoms with Crippen LogP contribution in [0, 0.1) is 0 Å². The second-order valence-corrected chi connectivity index (χ2v) is 4.96. The zero-order valence-corrected chi connectivity index (χ0v) is 10.2. The molecule has 15 heavy (non-hydrogen) atoms. The lowest BCUT2D eigenvalue weighted by Crippen LogP contribution is -2.57. The molecule has 0 aromatic heterocycles. The van der Waals surface area contributed by atoms with E-state index in [4.69, 9.17) is 0 Å². The Morgan fingerprint density at radius 3 is 2.53 bits per heavy atom. The fraction of sp³-hybridized carbons (Fsp3) is 1.00. The van der Waals surface area contributed by atoms with Gasteiger partial charge in [0.05, 0.1) is 0 Å². The summed E-state index contributed by atoms with van der Waals surface area (Å²) < 4.78 is 0. The fourth-order valence-electron chi connectivity index (χ4n) is 3.02. The highest BCUT2D eigenvalue weighted by atomic mass is 15.3. The molecular formula is C12H25N3. The normalized spacial score (nSPS) is 32.0. The summed E-state index contributed by atoms with van der Waals surface area (Å²) in [7, 11) is 0. The maximum Gasteiger partial charge on any atom is 0.0198 e. The molecule has 2 fully saturated rings. The molecule has 0 saturated carbocycles. The Morgan fingerprint density at radius 2 is 1.93 bits per heavy atom. The summed E-state index contributed by atoms with van der Waals surface area (Å²) in [4.78, 5) is 5.31. The average Bonchev–Trinajstić information content (AvgIpc) is 2.30. The van der Waals surface area contributed by atoms with Gasteiger partial charge in [0.25, 0.3) is 0 Å². The Bertz CT molecular complexity index is 189. The van der Waals surface area contributed by atoms with Crippen LogP contribution in [0.15, 0.2) is 0 Å². The van der Waals surface area contributed by atoms with E-state index in [0.717, 1.165) is 12.1 Å². The number of rotatable bonds is 2. The van der Waals surface area contributed by atoms with Gasteiger partial charge in [-0.2, -0.15) is 0 Å². The summed E-state index contributed by atoms with van der Waals surface area (Å²) in [5.41, 5.74) is 0. The molecule has 0 spiro atoms. The van der Waals surface area contributed by atoms with Crippen molar-refractivity contribution in [1.82, 2.24) is 15.1 Å². The molecule has 88 valence electrons. The largest absolute Gasteiger partial charge is 0.317 e. The van der Waals surface area contributed by atoms with Gasteiger partial charge in [0.15, 0.2) is 0 Å². The zero-order chi connectivity index (χ0) is 10.7.